The average Bonchev–Trinajstić information content (AvgIpc) is 3.33. The predicted molar refractivity (Wildman–Crippen MR) is 116 cm³/mol. The van der Waals surface area contributed by atoms with Gasteiger partial charge < -0.3 is 19.0 Å². The number of hydrogen-bond acceptors (Lipinski definition) is 6. The Morgan fingerprint density at radius 2 is 1.94 bits per heavy atom. The highest BCUT2D eigenvalue weighted by Gasteiger charge is 2.36. The molecule has 10 heteroatoms. The number of carbonyl (C=O) groups is 3. The number of ether oxygens (including phenoxy) is 1. The van der Waals surface area contributed by atoms with Crippen molar-refractivity contribution in [2.75, 3.05) is 46.4 Å². The van der Waals surface area contributed by atoms with E-state index in [2.05, 4.69) is 4.99 Å². The summed E-state index contributed by atoms with van der Waals surface area (Å²) in [5.41, 5.74) is 0.919. The van der Waals surface area contributed by atoms with E-state index in [-0.39, 0.29) is 22.8 Å². The maximum Gasteiger partial charge on any atom is 0.289 e. The first kappa shape index (κ1) is 21.1. The molecule has 1 aromatic heterocycles. The maximum absolute atomic E-state index is 13.0. The third kappa shape index (κ3) is 4.21. The summed E-state index contributed by atoms with van der Waals surface area (Å²) in [4.78, 5) is 47.3. The predicted octanol–water partition coefficient (Wildman–Crippen LogP) is 0.891. The number of rotatable bonds is 5. The van der Waals surface area contributed by atoms with Crippen molar-refractivity contribution in [3.8, 4) is 0 Å². The molecule has 0 radical (unpaired) electrons. The summed E-state index contributed by atoms with van der Waals surface area (Å²) in [7, 11) is 1.56. The van der Waals surface area contributed by atoms with Gasteiger partial charge in [0.15, 0.2) is 5.76 Å². The third-order valence-corrected chi connectivity index (χ3v) is 5.74. The molecule has 3 heterocycles. The van der Waals surface area contributed by atoms with E-state index < -0.39 is 5.92 Å². The Balaban J connectivity index is 1.41. The summed E-state index contributed by atoms with van der Waals surface area (Å²) >= 11 is 5.25. The molecule has 0 saturated carbocycles. The lowest BCUT2D eigenvalue weighted by molar-refractivity contribution is -0.129. The van der Waals surface area contributed by atoms with Gasteiger partial charge >= 0.3 is 0 Å². The largest absolute Gasteiger partial charge is 0.459 e. The second-order valence-corrected chi connectivity index (χ2v) is 7.67. The summed E-state index contributed by atoms with van der Waals surface area (Å²) in [6.45, 7) is 2.36. The Labute approximate surface area is 184 Å². The first-order valence-electron chi connectivity index (χ1n) is 9.94. The van der Waals surface area contributed by atoms with Crippen molar-refractivity contribution in [3.05, 3.63) is 48.0 Å². The molecule has 2 aliphatic heterocycles. The molecule has 31 heavy (non-hydrogen) atoms. The zero-order chi connectivity index (χ0) is 22.0. The number of thiocarbonyl (C=S) groups is 1. The van der Waals surface area contributed by atoms with Crippen molar-refractivity contribution >= 4 is 40.8 Å². The average molecular weight is 442 g/mol. The Kier molecular flexibility index (Phi) is 6.10. The molecular formula is C21H22N4O5S. The number of allylic oxidation sites excluding steroid dienone is 1. The van der Waals surface area contributed by atoms with Gasteiger partial charge in [-0.05, 0) is 30.4 Å². The summed E-state index contributed by atoms with van der Waals surface area (Å²) in [6, 6.07) is 3.30. The number of fused-ring (bicyclic) bond motifs is 1. The Morgan fingerprint density at radius 1 is 1.23 bits per heavy atom. The van der Waals surface area contributed by atoms with Crippen LogP contribution in [0.15, 0.2) is 51.6 Å². The second kappa shape index (κ2) is 8.94. The monoisotopic (exact) mass is 442 g/mol. The minimum atomic E-state index is -0.553. The minimum absolute atomic E-state index is 0.164. The fraction of sp³-hybridized carbons (Fsp3) is 0.381. The standard InChI is InChI=1S/C21H22N4O5S/c1-29-12-10-25-19(27)15-5-4-14(13-16(15)22-21(25)31)18(26)23-6-8-24(9-7-23)20(28)17-3-2-11-30-17/h2-5,11,13,15H,6-10,12H2,1H3. The van der Waals surface area contributed by atoms with E-state index >= 15 is 0 Å². The van der Waals surface area contributed by atoms with Crippen LogP contribution in [0.2, 0.25) is 0 Å². The van der Waals surface area contributed by atoms with Gasteiger partial charge in [-0.15, -0.1) is 0 Å². The number of furan rings is 1. The van der Waals surface area contributed by atoms with Crippen LogP contribution in [0, 0.1) is 5.92 Å². The summed E-state index contributed by atoms with van der Waals surface area (Å²) in [5, 5.41) is 0.178. The Morgan fingerprint density at radius 3 is 2.58 bits per heavy atom. The van der Waals surface area contributed by atoms with E-state index in [0.717, 1.165) is 0 Å². The SMILES string of the molecule is COCCN1C(=O)C2C=CC(C(=O)N3CCN(C(=O)c4ccco4)CC3)=CC2=NC1=S. The molecule has 3 amide bonds. The van der Waals surface area contributed by atoms with Crippen molar-refractivity contribution in [3.63, 3.8) is 0 Å². The first-order chi connectivity index (χ1) is 15.0. The van der Waals surface area contributed by atoms with Crippen LogP contribution < -0.4 is 0 Å². The molecule has 9 nitrogen and oxygen atoms in total. The quantitative estimate of drug-likeness (QED) is 0.629. The highest BCUT2D eigenvalue weighted by atomic mass is 32.1. The van der Waals surface area contributed by atoms with E-state index in [4.69, 9.17) is 21.4 Å². The fourth-order valence-electron chi connectivity index (χ4n) is 3.71. The molecule has 1 aromatic rings. The maximum atomic E-state index is 13.0. The summed E-state index contributed by atoms with van der Waals surface area (Å²) < 4.78 is 10.2. The summed E-state index contributed by atoms with van der Waals surface area (Å²) in [5.74, 6) is -0.779. The fourth-order valence-corrected chi connectivity index (χ4v) is 4.00. The van der Waals surface area contributed by atoms with Crippen LogP contribution >= 0.6 is 12.2 Å². The van der Waals surface area contributed by atoms with Gasteiger partial charge in [-0.1, -0.05) is 12.2 Å². The lowest BCUT2D eigenvalue weighted by atomic mass is 9.91. The van der Waals surface area contributed by atoms with Gasteiger partial charge in [0.05, 0.1) is 31.0 Å². The highest BCUT2D eigenvalue weighted by Crippen LogP contribution is 2.23. The van der Waals surface area contributed by atoms with Crippen LogP contribution in [0.3, 0.4) is 0 Å². The zero-order valence-corrected chi connectivity index (χ0v) is 17.8. The molecule has 1 atom stereocenters. The van der Waals surface area contributed by atoms with E-state index in [1.165, 1.54) is 11.2 Å². The van der Waals surface area contributed by atoms with Gasteiger partial charge in [0.25, 0.3) is 11.8 Å². The normalized spacial score (nSPS) is 21.1. The van der Waals surface area contributed by atoms with E-state index in [1.54, 1.807) is 47.3 Å². The number of piperazine rings is 1. The number of amides is 3. The zero-order valence-electron chi connectivity index (χ0n) is 17.0. The molecular weight excluding hydrogens is 420 g/mol. The first-order valence-corrected chi connectivity index (χ1v) is 10.3. The number of methoxy groups -OCH3 is 1. The molecule has 4 rings (SSSR count). The number of hydrogen-bond donors (Lipinski definition) is 0. The van der Waals surface area contributed by atoms with Crippen LogP contribution in [-0.4, -0.2) is 89.7 Å². The van der Waals surface area contributed by atoms with Gasteiger partial charge in [0.2, 0.25) is 11.0 Å². The highest BCUT2D eigenvalue weighted by molar-refractivity contribution is 7.80. The number of nitrogens with zero attached hydrogens (tertiary/aromatic N) is 4. The van der Waals surface area contributed by atoms with Gasteiger partial charge in [-0.3, -0.25) is 19.3 Å². The number of aliphatic imine (C=N–C) groups is 1. The molecule has 0 aromatic carbocycles. The van der Waals surface area contributed by atoms with Crippen LogP contribution in [-0.2, 0) is 14.3 Å². The smallest absolute Gasteiger partial charge is 0.289 e. The molecule has 1 fully saturated rings. The van der Waals surface area contributed by atoms with Crippen molar-refractivity contribution < 1.29 is 23.5 Å². The molecule has 1 unspecified atom stereocenters. The molecule has 1 saturated heterocycles. The lowest BCUT2D eigenvalue weighted by Crippen LogP contribution is -2.51. The molecule has 0 N–H and O–H groups in total. The minimum Gasteiger partial charge on any atom is -0.459 e. The van der Waals surface area contributed by atoms with Crippen LogP contribution in [0.4, 0.5) is 0 Å². The van der Waals surface area contributed by atoms with Crippen molar-refractivity contribution in [2.45, 2.75) is 0 Å². The summed E-state index contributed by atoms with van der Waals surface area (Å²) in [6.07, 6.45) is 6.44. The molecule has 1 aliphatic carbocycles. The van der Waals surface area contributed by atoms with E-state index in [9.17, 15) is 14.4 Å². The van der Waals surface area contributed by atoms with Crippen molar-refractivity contribution in [2.24, 2.45) is 10.9 Å². The molecule has 3 aliphatic rings. The van der Waals surface area contributed by atoms with E-state index in [0.29, 0.717) is 56.4 Å². The molecule has 162 valence electrons. The van der Waals surface area contributed by atoms with Gasteiger partial charge in [0, 0.05) is 38.9 Å². The van der Waals surface area contributed by atoms with Crippen molar-refractivity contribution in [1.82, 2.24) is 14.7 Å². The van der Waals surface area contributed by atoms with E-state index in [1.807, 2.05) is 0 Å². The van der Waals surface area contributed by atoms with Gasteiger partial charge in [-0.2, -0.15) is 0 Å². The topological polar surface area (TPSA) is 95.7 Å². The van der Waals surface area contributed by atoms with Crippen LogP contribution in [0.25, 0.3) is 0 Å². The van der Waals surface area contributed by atoms with Crippen LogP contribution in [0.1, 0.15) is 10.6 Å². The van der Waals surface area contributed by atoms with Crippen molar-refractivity contribution in [1.29, 1.82) is 0 Å². The second-order valence-electron chi connectivity index (χ2n) is 7.30. The molecule has 0 bridgehead atoms. The lowest BCUT2D eigenvalue weighted by Gasteiger charge is -2.35. The third-order valence-electron chi connectivity index (χ3n) is 5.43. The van der Waals surface area contributed by atoms with Crippen LogP contribution in [0.5, 0.6) is 0 Å². The van der Waals surface area contributed by atoms with Gasteiger partial charge in [0.1, 0.15) is 0 Å². The Hall–Kier alpha value is -3.11. The number of carbonyl (C=O) groups excluding carboxylic acids is 3. The Bertz CT molecular complexity index is 989. The molecule has 0 spiro atoms. The van der Waals surface area contributed by atoms with Gasteiger partial charge in [-0.25, -0.2) is 4.99 Å².